The van der Waals surface area contributed by atoms with Gasteiger partial charge in [0.2, 0.25) is 10.0 Å². The highest BCUT2D eigenvalue weighted by atomic mass is 35.5. The first-order chi connectivity index (χ1) is 15.4. The lowest BCUT2D eigenvalue weighted by atomic mass is 10.2. The van der Waals surface area contributed by atoms with E-state index in [9.17, 15) is 13.2 Å². The minimum Gasteiger partial charge on any atom is -0.456 e. The summed E-state index contributed by atoms with van der Waals surface area (Å²) in [5, 5.41) is 0.589. The second-order valence-electron chi connectivity index (χ2n) is 7.67. The van der Waals surface area contributed by atoms with Gasteiger partial charge in [0, 0.05) is 31.6 Å². The maximum atomic E-state index is 12.8. The van der Waals surface area contributed by atoms with Crippen LogP contribution in [-0.2, 0) is 26.2 Å². The Kier molecular flexibility index (Phi) is 6.93. The zero-order valence-corrected chi connectivity index (χ0v) is 19.1. The van der Waals surface area contributed by atoms with E-state index < -0.39 is 16.0 Å². The number of carbonyl (C=O) groups is 1. The number of ether oxygens (including phenoxy) is 1. The third-order valence-electron chi connectivity index (χ3n) is 5.32. The van der Waals surface area contributed by atoms with E-state index in [0.717, 1.165) is 25.7 Å². The molecule has 4 rings (SSSR count). The molecular weight excluding hydrogens is 450 g/mol. The van der Waals surface area contributed by atoms with Crippen molar-refractivity contribution in [2.75, 3.05) is 13.1 Å². The molecule has 1 aliphatic rings. The van der Waals surface area contributed by atoms with Crippen LogP contribution >= 0.6 is 11.6 Å². The second kappa shape index (κ2) is 9.85. The van der Waals surface area contributed by atoms with Crippen LogP contribution in [-0.4, -0.2) is 41.2 Å². The molecule has 0 bridgehead atoms. The van der Waals surface area contributed by atoms with Crippen LogP contribution in [0, 0.1) is 0 Å². The molecule has 0 amide bonds. The molecule has 1 aromatic carbocycles. The minimum atomic E-state index is -3.49. The average Bonchev–Trinajstić information content (AvgIpc) is 2.98. The van der Waals surface area contributed by atoms with Crippen LogP contribution in [0.15, 0.2) is 59.8 Å². The van der Waals surface area contributed by atoms with Gasteiger partial charge in [-0.3, -0.25) is 0 Å². The SMILES string of the molecule is O=C(/C=C/c1ccc(S(=O)(=O)N2CCCCCC2)cc1)OCc1cn2cc(Cl)ccc2n1. The minimum absolute atomic E-state index is 0.0372. The molecule has 3 aromatic rings. The Balaban J connectivity index is 1.34. The highest BCUT2D eigenvalue weighted by molar-refractivity contribution is 7.89. The number of imidazole rings is 1. The number of hydrogen-bond acceptors (Lipinski definition) is 5. The van der Waals surface area contributed by atoms with E-state index in [1.54, 1.807) is 63.6 Å². The molecule has 0 radical (unpaired) electrons. The van der Waals surface area contributed by atoms with Crippen molar-refractivity contribution in [3.63, 3.8) is 0 Å². The number of halogens is 1. The van der Waals surface area contributed by atoms with Gasteiger partial charge in [-0.05, 0) is 48.7 Å². The first-order valence-corrected chi connectivity index (χ1v) is 12.3. The van der Waals surface area contributed by atoms with E-state index in [4.69, 9.17) is 16.3 Å². The van der Waals surface area contributed by atoms with Crippen molar-refractivity contribution >= 4 is 39.3 Å². The van der Waals surface area contributed by atoms with Gasteiger partial charge < -0.3 is 9.14 Å². The highest BCUT2D eigenvalue weighted by Crippen LogP contribution is 2.21. The van der Waals surface area contributed by atoms with Crippen LogP contribution < -0.4 is 0 Å². The Morgan fingerprint density at radius 3 is 2.47 bits per heavy atom. The largest absolute Gasteiger partial charge is 0.456 e. The Morgan fingerprint density at radius 2 is 1.75 bits per heavy atom. The number of carbonyl (C=O) groups excluding carboxylic acids is 1. The lowest BCUT2D eigenvalue weighted by Crippen LogP contribution is -2.31. The summed E-state index contributed by atoms with van der Waals surface area (Å²) in [5.74, 6) is -0.513. The van der Waals surface area contributed by atoms with E-state index >= 15 is 0 Å². The fourth-order valence-corrected chi connectivity index (χ4v) is 5.31. The van der Waals surface area contributed by atoms with Crippen molar-refractivity contribution in [1.29, 1.82) is 0 Å². The van der Waals surface area contributed by atoms with E-state index in [2.05, 4.69) is 4.98 Å². The zero-order valence-electron chi connectivity index (χ0n) is 17.5. The average molecular weight is 474 g/mol. The van der Waals surface area contributed by atoms with Gasteiger partial charge in [-0.25, -0.2) is 18.2 Å². The Morgan fingerprint density at radius 1 is 1.03 bits per heavy atom. The quantitative estimate of drug-likeness (QED) is 0.393. The number of fused-ring (bicyclic) bond motifs is 1. The van der Waals surface area contributed by atoms with E-state index in [1.807, 2.05) is 0 Å². The summed E-state index contributed by atoms with van der Waals surface area (Å²) < 4.78 is 34.3. The maximum Gasteiger partial charge on any atom is 0.331 e. The van der Waals surface area contributed by atoms with Gasteiger partial charge in [0.15, 0.2) is 0 Å². The number of benzene rings is 1. The number of hydrogen-bond donors (Lipinski definition) is 0. The molecule has 0 aliphatic carbocycles. The maximum absolute atomic E-state index is 12.8. The number of nitrogens with zero attached hydrogens (tertiary/aromatic N) is 3. The first-order valence-electron chi connectivity index (χ1n) is 10.5. The third-order valence-corrected chi connectivity index (χ3v) is 7.46. The first kappa shape index (κ1) is 22.5. The highest BCUT2D eigenvalue weighted by Gasteiger charge is 2.24. The molecule has 1 fully saturated rings. The molecule has 0 unspecified atom stereocenters. The molecule has 1 aliphatic heterocycles. The lowest BCUT2D eigenvalue weighted by molar-refractivity contribution is -0.139. The van der Waals surface area contributed by atoms with Gasteiger partial charge in [0.1, 0.15) is 12.3 Å². The van der Waals surface area contributed by atoms with Crippen LogP contribution in [0.2, 0.25) is 5.02 Å². The van der Waals surface area contributed by atoms with Gasteiger partial charge in [0.05, 0.1) is 15.6 Å². The lowest BCUT2D eigenvalue weighted by Gasteiger charge is -2.19. The standard InChI is InChI=1S/C23H24ClN3O4S/c24-19-8-11-22-25-20(16-26(22)15-19)17-31-23(28)12-7-18-5-9-21(10-6-18)32(29,30)27-13-3-1-2-4-14-27/h5-12,15-16H,1-4,13-14,17H2/b12-7+. The number of esters is 1. The smallest absolute Gasteiger partial charge is 0.331 e. The third kappa shape index (κ3) is 5.38. The summed E-state index contributed by atoms with van der Waals surface area (Å²) in [7, 11) is -3.49. The summed E-state index contributed by atoms with van der Waals surface area (Å²) >= 11 is 5.96. The van der Waals surface area contributed by atoms with Crippen LogP contribution in [0.25, 0.3) is 11.7 Å². The number of rotatable bonds is 6. The topological polar surface area (TPSA) is 81.0 Å². The van der Waals surface area contributed by atoms with Crippen molar-refractivity contribution in [3.8, 4) is 0 Å². The molecule has 168 valence electrons. The van der Waals surface area contributed by atoms with Gasteiger partial charge >= 0.3 is 5.97 Å². The summed E-state index contributed by atoms with van der Waals surface area (Å²) in [6.45, 7) is 1.17. The zero-order chi connectivity index (χ0) is 22.6. The van der Waals surface area contributed by atoms with Crippen LogP contribution in [0.1, 0.15) is 36.9 Å². The predicted molar refractivity (Wildman–Crippen MR) is 123 cm³/mol. The van der Waals surface area contributed by atoms with E-state index in [-0.39, 0.29) is 11.5 Å². The predicted octanol–water partition coefficient (Wildman–Crippen LogP) is 4.31. The normalized spacial score (nSPS) is 15.8. The number of aromatic nitrogens is 2. The van der Waals surface area contributed by atoms with Gasteiger partial charge in [-0.2, -0.15) is 4.31 Å². The van der Waals surface area contributed by atoms with E-state index in [1.165, 1.54) is 6.08 Å². The molecule has 9 heteroatoms. The molecule has 32 heavy (non-hydrogen) atoms. The van der Waals surface area contributed by atoms with Gasteiger partial charge in [-0.1, -0.05) is 36.6 Å². The summed E-state index contributed by atoms with van der Waals surface area (Å²) in [5.41, 5.74) is 2.03. The fourth-order valence-electron chi connectivity index (χ4n) is 3.63. The fraction of sp³-hybridized carbons (Fsp3) is 0.304. The summed E-state index contributed by atoms with van der Waals surface area (Å²) in [4.78, 5) is 16.7. The Hall–Kier alpha value is -2.68. The van der Waals surface area contributed by atoms with Crippen molar-refractivity contribution in [1.82, 2.24) is 13.7 Å². The molecule has 7 nitrogen and oxygen atoms in total. The molecule has 2 aromatic heterocycles. The Bertz CT molecular complexity index is 1230. The monoisotopic (exact) mass is 473 g/mol. The molecular formula is C23H24ClN3O4S. The van der Waals surface area contributed by atoms with Crippen LogP contribution in [0.4, 0.5) is 0 Å². The van der Waals surface area contributed by atoms with Crippen molar-refractivity contribution in [2.45, 2.75) is 37.2 Å². The van der Waals surface area contributed by atoms with Gasteiger partial charge in [-0.15, -0.1) is 0 Å². The van der Waals surface area contributed by atoms with Crippen molar-refractivity contribution in [3.05, 3.63) is 71.1 Å². The molecule has 3 heterocycles. The summed E-state index contributed by atoms with van der Waals surface area (Å²) in [6, 6.07) is 10.0. The molecule has 0 saturated carbocycles. The molecule has 0 N–H and O–H groups in total. The van der Waals surface area contributed by atoms with Gasteiger partial charge in [0.25, 0.3) is 0 Å². The van der Waals surface area contributed by atoms with Crippen molar-refractivity contribution in [2.24, 2.45) is 0 Å². The van der Waals surface area contributed by atoms with Crippen molar-refractivity contribution < 1.29 is 17.9 Å². The molecule has 0 atom stereocenters. The number of sulfonamides is 1. The summed E-state index contributed by atoms with van der Waals surface area (Å²) in [6.07, 6.45) is 10.3. The molecule has 0 spiro atoms. The molecule has 1 saturated heterocycles. The van der Waals surface area contributed by atoms with E-state index in [0.29, 0.717) is 35.0 Å². The number of pyridine rings is 1. The van der Waals surface area contributed by atoms with Crippen LogP contribution in [0.5, 0.6) is 0 Å². The Labute approximate surface area is 192 Å². The second-order valence-corrected chi connectivity index (χ2v) is 10.0. The van der Waals surface area contributed by atoms with Crippen LogP contribution in [0.3, 0.4) is 0 Å².